The maximum Gasteiger partial charge on any atom is 0.321 e. The maximum atomic E-state index is 12.2. The Morgan fingerprint density at radius 2 is 2.08 bits per heavy atom. The number of carbonyl (C=O) groups is 2. The molecule has 144 valence electrons. The molecule has 0 spiro atoms. The molecule has 2 N–H and O–H groups in total. The van der Waals surface area contributed by atoms with Gasteiger partial charge in [-0.25, -0.2) is 4.79 Å². The average molecular weight is 363 g/mol. The van der Waals surface area contributed by atoms with E-state index in [0.29, 0.717) is 0 Å². The summed E-state index contributed by atoms with van der Waals surface area (Å²) in [5.41, 5.74) is 1.03. The van der Waals surface area contributed by atoms with Crippen molar-refractivity contribution in [2.45, 2.75) is 45.2 Å². The monoisotopic (exact) mass is 363 g/mol. The molecule has 0 bridgehead atoms. The van der Waals surface area contributed by atoms with Gasteiger partial charge < -0.3 is 14.8 Å². The van der Waals surface area contributed by atoms with E-state index < -0.39 is 6.03 Å². The van der Waals surface area contributed by atoms with Gasteiger partial charge in [-0.15, -0.1) is 0 Å². The molecule has 2 atom stereocenters. The zero-order valence-electron chi connectivity index (χ0n) is 16.0. The van der Waals surface area contributed by atoms with Crippen LogP contribution in [0, 0.1) is 0 Å². The van der Waals surface area contributed by atoms with Crippen molar-refractivity contribution in [2.24, 2.45) is 0 Å². The number of imide groups is 1. The third kappa shape index (κ3) is 5.11. The minimum absolute atomic E-state index is 0.0332. The highest BCUT2D eigenvalue weighted by Gasteiger charge is 2.30. The first-order valence-corrected chi connectivity index (χ1v) is 9.04. The molecule has 1 saturated heterocycles. The number of rotatable bonds is 7. The van der Waals surface area contributed by atoms with Crippen LogP contribution in [0.25, 0.3) is 0 Å². The van der Waals surface area contributed by atoms with Crippen molar-refractivity contribution < 1.29 is 19.1 Å². The number of hydrogen-bond acceptors (Lipinski definition) is 5. The summed E-state index contributed by atoms with van der Waals surface area (Å²) >= 11 is 0. The van der Waals surface area contributed by atoms with Crippen LogP contribution >= 0.6 is 0 Å². The number of ether oxygens (including phenoxy) is 2. The number of methoxy groups -OCH3 is 2. The second-order valence-electron chi connectivity index (χ2n) is 6.57. The molecule has 26 heavy (non-hydrogen) atoms. The van der Waals surface area contributed by atoms with Crippen molar-refractivity contribution >= 4 is 11.9 Å². The third-order valence-corrected chi connectivity index (χ3v) is 4.75. The first kappa shape index (κ1) is 20.0. The van der Waals surface area contributed by atoms with Gasteiger partial charge in [0.2, 0.25) is 5.91 Å². The van der Waals surface area contributed by atoms with E-state index in [4.69, 9.17) is 9.47 Å². The third-order valence-electron chi connectivity index (χ3n) is 4.75. The Balaban J connectivity index is 2.02. The molecule has 1 aliphatic rings. The molecule has 0 saturated carbocycles. The molecule has 2 rings (SSSR count). The molecule has 1 aliphatic heterocycles. The summed E-state index contributed by atoms with van der Waals surface area (Å²) in [6, 6.07) is 5.40. The Bertz CT molecular complexity index is 635. The van der Waals surface area contributed by atoms with E-state index in [9.17, 15) is 9.59 Å². The van der Waals surface area contributed by atoms with Gasteiger partial charge in [0.25, 0.3) is 0 Å². The lowest BCUT2D eigenvalue weighted by Gasteiger charge is -2.25. The SMILES string of the molecule is CC[C@H](C)NC(=O)NC(=O)CN1CCC[C@@H]1c1ccc(OC)cc1OC. The van der Waals surface area contributed by atoms with Gasteiger partial charge in [0.1, 0.15) is 11.5 Å². The van der Waals surface area contributed by atoms with Crippen LogP contribution in [0.1, 0.15) is 44.7 Å². The van der Waals surface area contributed by atoms with Crippen molar-refractivity contribution in [3.8, 4) is 11.5 Å². The van der Waals surface area contributed by atoms with E-state index in [2.05, 4.69) is 15.5 Å². The van der Waals surface area contributed by atoms with Crippen LogP contribution in [0.5, 0.6) is 11.5 Å². The lowest BCUT2D eigenvalue weighted by molar-refractivity contribution is -0.121. The number of amides is 3. The fourth-order valence-corrected chi connectivity index (χ4v) is 3.17. The van der Waals surface area contributed by atoms with Gasteiger partial charge >= 0.3 is 6.03 Å². The maximum absolute atomic E-state index is 12.2. The van der Waals surface area contributed by atoms with Gasteiger partial charge in [0.05, 0.1) is 20.8 Å². The second-order valence-corrected chi connectivity index (χ2v) is 6.57. The highest BCUT2D eigenvalue weighted by molar-refractivity contribution is 5.95. The summed E-state index contributed by atoms with van der Waals surface area (Å²) < 4.78 is 10.8. The van der Waals surface area contributed by atoms with E-state index in [-0.39, 0.29) is 24.5 Å². The predicted molar refractivity (Wildman–Crippen MR) is 99.5 cm³/mol. The lowest BCUT2D eigenvalue weighted by atomic mass is 10.0. The molecule has 7 heteroatoms. The molecule has 0 aliphatic carbocycles. The number of urea groups is 1. The van der Waals surface area contributed by atoms with Gasteiger partial charge in [-0.1, -0.05) is 13.0 Å². The molecular weight excluding hydrogens is 334 g/mol. The van der Waals surface area contributed by atoms with E-state index in [1.807, 2.05) is 32.0 Å². The number of nitrogens with one attached hydrogen (secondary N) is 2. The van der Waals surface area contributed by atoms with Crippen LogP contribution in [-0.4, -0.2) is 50.2 Å². The number of carbonyl (C=O) groups excluding carboxylic acids is 2. The summed E-state index contributed by atoms with van der Waals surface area (Å²) in [7, 11) is 3.24. The Hall–Kier alpha value is -2.28. The molecule has 1 fully saturated rings. The summed E-state index contributed by atoms with van der Waals surface area (Å²) in [6.07, 6.45) is 2.74. The smallest absolute Gasteiger partial charge is 0.321 e. The van der Waals surface area contributed by atoms with Crippen molar-refractivity contribution in [3.05, 3.63) is 23.8 Å². The van der Waals surface area contributed by atoms with Crippen LogP contribution in [-0.2, 0) is 4.79 Å². The van der Waals surface area contributed by atoms with Gasteiger partial charge in [-0.2, -0.15) is 0 Å². The van der Waals surface area contributed by atoms with E-state index in [1.54, 1.807) is 14.2 Å². The fraction of sp³-hybridized carbons (Fsp3) is 0.579. The Kier molecular flexibility index (Phi) is 7.26. The number of hydrogen-bond donors (Lipinski definition) is 2. The highest BCUT2D eigenvalue weighted by atomic mass is 16.5. The molecule has 0 unspecified atom stereocenters. The van der Waals surface area contributed by atoms with Gasteiger partial charge in [0, 0.05) is 23.7 Å². The quantitative estimate of drug-likeness (QED) is 0.778. The fourth-order valence-electron chi connectivity index (χ4n) is 3.17. The molecule has 7 nitrogen and oxygen atoms in total. The minimum Gasteiger partial charge on any atom is -0.497 e. The Morgan fingerprint density at radius 1 is 1.31 bits per heavy atom. The molecule has 1 heterocycles. The molecule has 1 aromatic rings. The van der Waals surface area contributed by atoms with Crippen LogP contribution in [0.15, 0.2) is 18.2 Å². The summed E-state index contributed by atoms with van der Waals surface area (Å²) in [5.74, 6) is 1.18. The average Bonchev–Trinajstić information content (AvgIpc) is 3.08. The number of likely N-dealkylation sites (tertiary alicyclic amines) is 1. The topological polar surface area (TPSA) is 79.9 Å². The Morgan fingerprint density at radius 3 is 2.73 bits per heavy atom. The zero-order chi connectivity index (χ0) is 19.1. The van der Waals surface area contributed by atoms with Crippen molar-refractivity contribution in [1.29, 1.82) is 0 Å². The molecule has 1 aromatic carbocycles. The van der Waals surface area contributed by atoms with Gasteiger partial charge in [0.15, 0.2) is 0 Å². The number of nitrogens with zero attached hydrogens (tertiary/aromatic N) is 1. The van der Waals surface area contributed by atoms with Crippen LogP contribution in [0.3, 0.4) is 0 Å². The van der Waals surface area contributed by atoms with Gasteiger partial charge in [-0.3, -0.25) is 15.0 Å². The second kappa shape index (κ2) is 9.43. The normalized spacial score (nSPS) is 18.2. The predicted octanol–water partition coefficient (Wildman–Crippen LogP) is 2.46. The lowest BCUT2D eigenvalue weighted by Crippen LogP contribution is -2.46. The minimum atomic E-state index is -0.442. The summed E-state index contributed by atoms with van der Waals surface area (Å²) in [6.45, 7) is 4.86. The van der Waals surface area contributed by atoms with E-state index >= 15 is 0 Å². The largest absolute Gasteiger partial charge is 0.497 e. The van der Waals surface area contributed by atoms with Crippen molar-refractivity contribution in [2.75, 3.05) is 27.3 Å². The first-order valence-electron chi connectivity index (χ1n) is 9.04. The summed E-state index contributed by atoms with van der Waals surface area (Å²) in [4.78, 5) is 26.1. The number of benzene rings is 1. The van der Waals surface area contributed by atoms with Gasteiger partial charge in [-0.05, 0) is 38.8 Å². The molecule has 3 amide bonds. The van der Waals surface area contributed by atoms with Crippen molar-refractivity contribution in [1.82, 2.24) is 15.5 Å². The first-order chi connectivity index (χ1) is 12.5. The molecule has 0 radical (unpaired) electrons. The zero-order valence-corrected chi connectivity index (χ0v) is 16.0. The van der Waals surface area contributed by atoms with Crippen LogP contribution in [0.2, 0.25) is 0 Å². The molecular formula is C19H29N3O4. The molecule has 0 aromatic heterocycles. The summed E-state index contributed by atoms with van der Waals surface area (Å²) in [5, 5.41) is 5.14. The van der Waals surface area contributed by atoms with E-state index in [0.717, 1.165) is 42.9 Å². The highest BCUT2D eigenvalue weighted by Crippen LogP contribution is 2.38. The Labute approximate surface area is 155 Å². The van der Waals surface area contributed by atoms with Crippen LogP contribution in [0.4, 0.5) is 4.79 Å². The standard InChI is InChI=1S/C19H29N3O4/c1-5-13(2)20-19(24)21-18(23)12-22-10-6-7-16(22)15-9-8-14(25-3)11-17(15)26-4/h8-9,11,13,16H,5-7,10,12H2,1-4H3,(H2,20,21,23,24)/t13-,16+/m0/s1. The van der Waals surface area contributed by atoms with Crippen molar-refractivity contribution in [3.63, 3.8) is 0 Å². The van der Waals surface area contributed by atoms with E-state index in [1.165, 1.54) is 0 Å². The van der Waals surface area contributed by atoms with Crippen LogP contribution < -0.4 is 20.1 Å².